The van der Waals surface area contributed by atoms with E-state index in [0.29, 0.717) is 38.8 Å². The second-order valence-electron chi connectivity index (χ2n) is 8.01. The lowest BCUT2D eigenvalue weighted by molar-refractivity contribution is -0.137. The van der Waals surface area contributed by atoms with Crippen molar-refractivity contribution < 1.29 is 23.0 Å². The lowest BCUT2D eigenvalue weighted by atomic mass is 9.66. The number of halogens is 2. The maximum Gasteiger partial charge on any atom is 0.232 e. The fourth-order valence-electron chi connectivity index (χ4n) is 4.47. The van der Waals surface area contributed by atoms with Crippen LogP contribution in [0.2, 0.25) is 0 Å². The Labute approximate surface area is 174 Å². The number of nitrogens with zero attached hydrogens (tertiary/aromatic N) is 3. The number of rotatable bonds is 5. The Balaban J connectivity index is 1.36. The molecule has 1 amide bonds. The van der Waals surface area contributed by atoms with Crippen LogP contribution < -0.4 is 4.74 Å². The summed E-state index contributed by atoms with van der Waals surface area (Å²) in [6.45, 7) is 2.99. The molecule has 4 rings (SSSR count). The Morgan fingerprint density at radius 2 is 2.07 bits per heavy atom. The van der Waals surface area contributed by atoms with Crippen molar-refractivity contribution in [2.45, 2.75) is 25.7 Å². The van der Waals surface area contributed by atoms with E-state index in [-0.39, 0.29) is 29.2 Å². The highest BCUT2D eigenvalue weighted by molar-refractivity contribution is 5.79. The van der Waals surface area contributed by atoms with Gasteiger partial charge in [0.25, 0.3) is 0 Å². The third-order valence-corrected chi connectivity index (χ3v) is 6.39. The van der Waals surface area contributed by atoms with Crippen LogP contribution in [0.4, 0.5) is 8.78 Å². The molecule has 2 aliphatic heterocycles. The molecule has 1 unspecified atom stereocenters. The van der Waals surface area contributed by atoms with E-state index < -0.39 is 11.6 Å². The topological polar surface area (TPSA) is 64.6 Å². The van der Waals surface area contributed by atoms with Gasteiger partial charge in [0.05, 0.1) is 25.8 Å². The summed E-state index contributed by atoms with van der Waals surface area (Å²) in [5.41, 5.74) is 0.142. The van der Waals surface area contributed by atoms with Crippen LogP contribution in [0.5, 0.6) is 5.88 Å². The normalized spacial score (nSPS) is 20.9. The molecule has 0 saturated carbocycles. The average molecular weight is 417 g/mol. The Hall–Kier alpha value is -2.61. The molecule has 0 aliphatic carbocycles. The summed E-state index contributed by atoms with van der Waals surface area (Å²) < 4.78 is 38.9. The maximum absolute atomic E-state index is 13.9. The summed E-state index contributed by atoms with van der Waals surface area (Å²) in [5, 5.41) is 0. The van der Waals surface area contributed by atoms with Crippen molar-refractivity contribution in [3.05, 3.63) is 54.0 Å². The molecular weight excluding hydrogens is 392 g/mol. The van der Waals surface area contributed by atoms with Crippen molar-refractivity contribution in [2.75, 3.05) is 32.9 Å². The van der Waals surface area contributed by atoms with Gasteiger partial charge in [-0.15, -0.1) is 0 Å². The number of aromatic nitrogens is 2. The number of carbonyl (C=O) groups excluding carboxylic acids is 1. The highest BCUT2D eigenvalue weighted by atomic mass is 19.2. The molecule has 3 heterocycles. The van der Waals surface area contributed by atoms with Crippen LogP contribution in [0.1, 0.15) is 24.8 Å². The second-order valence-corrected chi connectivity index (χ2v) is 8.01. The van der Waals surface area contributed by atoms with Crippen molar-refractivity contribution in [2.24, 2.45) is 11.3 Å². The SMILES string of the molecule is O=C(Cc1cccc(F)c1F)N1CCC2(CCOCC2COc2cnccn2)CC1. The van der Waals surface area contributed by atoms with Gasteiger partial charge in [-0.25, -0.2) is 13.8 Å². The van der Waals surface area contributed by atoms with E-state index >= 15 is 0 Å². The van der Waals surface area contributed by atoms with Gasteiger partial charge in [-0.1, -0.05) is 12.1 Å². The molecule has 1 aromatic carbocycles. The van der Waals surface area contributed by atoms with Gasteiger partial charge in [0, 0.05) is 43.6 Å². The summed E-state index contributed by atoms with van der Waals surface area (Å²) in [4.78, 5) is 22.6. The number of amides is 1. The van der Waals surface area contributed by atoms with E-state index in [2.05, 4.69) is 9.97 Å². The fourth-order valence-corrected chi connectivity index (χ4v) is 4.47. The van der Waals surface area contributed by atoms with E-state index in [0.717, 1.165) is 25.3 Å². The molecule has 2 aliphatic rings. The lowest BCUT2D eigenvalue weighted by Crippen LogP contribution is -2.51. The third kappa shape index (κ3) is 4.43. The van der Waals surface area contributed by atoms with Crippen LogP contribution in [-0.4, -0.2) is 53.7 Å². The van der Waals surface area contributed by atoms with Gasteiger partial charge >= 0.3 is 0 Å². The van der Waals surface area contributed by atoms with Gasteiger partial charge in [0.1, 0.15) is 0 Å². The molecule has 2 fully saturated rings. The zero-order chi connectivity index (χ0) is 21.0. The summed E-state index contributed by atoms with van der Waals surface area (Å²) in [6.07, 6.45) is 7.24. The van der Waals surface area contributed by atoms with E-state index in [4.69, 9.17) is 9.47 Å². The molecule has 2 aromatic rings. The second kappa shape index (κ2) is 9.04. The minimum absolute atomic E-state index is 0.0430. The van der Waals surface area contributed by atoms with Gasteiger partial charge in [0.15, 0.2) is 11.6 Å². The van der Waals surface area contributed by atoms with Crippen LogP contribution in [0.15, 0.2) is 36.8 Å². The number of likely N-dealkylation sites (tertiary alicyclic amines) is 1. The van der Waals surface area contributed by atoms with E-state index in [1.54, 1.807) is 23.5 Å². The molecule has 8 heteroatoms. The molecule has 1 aromatic heterocycles. The molecule has 0 N–H and O–H groups in total. The minimum Gasteiger partial charge on any atom is -0.476 e. The predicted molar refractivity (Wildman–Crippen MR) is 105 cm³/mol. The largest absolute Gasteiger partial charge is 0.476 e. The van der Waals surface area contributed by atoms with Gasteiger partial charge < -0.3 is 14.4 Å². The number of piperidine rings is 1. The first-order chi connectivity index (χ1) is 14.6. The average Bonchev–Trinajstić information content (AvgIpc) is 2.77. The molecule has 0 bridgehead atoms. The first-order valence-electron chi connectivity index (χ1n) is 10.2. The van der Waals surface area contributed by atoms with Crippen molar-refractivity contribution in [1.82, 2.24) is 14.9 Å². The van der Waals surface area contributed by atoms with Crippen molar-refractivity contribution in [3.63, 3.8) is 0 Å². The number of hydrogen-bond donors (Lipinski definition) is 0. The highest BCUT2D eigenvalue weighted by Gasteiger charge is 2.44. The highest BCUT2D eigenvalue weighted by Crippen LogP contribution is 2.45. The molecule has 0 radical (unpaired) electrons. The first kappa shape index (κ1) is 20.7. The number of hydrogen-bond acceptors (Lipinski definition) is 5. The van der Waals surface area contributed by atoms with Crippen molar-refractivity contribution in [3.8, 4) is 5.88 Å². The summed E-state index contributed by atoms with van der Waals surface area (Å²) >= 11 is 0. The van der Waals surface area contributed by atoms with Gasteiger partial charge in [-0.3, -0.25) is 9.78 Å². The maximum atomic E-state index is 13.9. The van der Waals surface area contributed by atoms with Gasteiger partial charge in [-0.05, 0) is 30.7 Å². The standard InChI is InChI=1S/C22H25F2N3O3/c23-18-3-1-2-16(21(18)24)12-20(28)27-9-4-22(5-10-27)6-11-29-14-17(22)15-30-19-13-25-7-8-26-19/h1-3,7-8,13,17H,4-6,9-12,14-15H2. The third-order valence-electron chi connectivity index (χ3n) is 6.39. The Bertz CT molecular complexity index is 873. The lowest BCUT2D eigenvalue weighted by Gasteiger charge is -2.48. The van der Waals surface area contributed by atoms with Crippen LogP contribution in [0, 0.1) is 23.0 Å². The first-order valence-corrected chi connectivity index (χ1v) is 10.2. The summed E-state index contributed by atoms with van der Waals surface area (Å²) in [6, 6.07) is 3.94. The molecule has 1 atom stereocenters. The molecule has 30 heavy (non-hydrogen) atoms. The molecule has 6 nitrogen and oxygen atoms in total. The van der Waals surface area contributed by atoms with Crippen LogP contribution in [0.25, 0.3) is 0 Å². The quantitative estimate of drug-likeness (QED) is 0.748. The predicted octanol–water partition coefficient (Wildman–Crippen LogP) is 3.02. The molecule has 2 saturated heterocycles. The summed E-state index contributed by atoms with van der Waals surface area (Å²) in [7, 11) is 0. The Morgan fingerprint density at radius 1 is 1.23 bits per heavy atom. The van der Waals surface area contributed by atoms with E-state index in [1.165, 1.54) is 12.1 Å². The fraction of sp³-hybridized carbons (Fsp3) is 0.500. The molecule has 1 spiro atoms. The van der Waals surface area contributed by atoms with E-state index in [9.17, 15) is 13.6 Å². The van der Waals surface area contributed by atoms with Crippen LogP contribution in [0.3, 0.4) is 0 Å². The van der Waals surface area contributed by atoms with E-state index in [1.807, 2.05) is 0 Å². The minimum atomic E-state index is -0.940. The van der Waals surface area contributed by atoms with Gasteiger partial charge in [0.2, 0.25) is 11.8 Å². The van der Waals surface area contributed by atoms with Crippen molar-refractivity contribution >= 4 is 5.91 Å². The zero-order valence-electron chi connectivity index (χ0n) is 16.7. The monoisotopic (exact) mass is 417 g/mol. The van der Waals surface area contributed by atoms with Crippen LogP contribution in [-0.2, 0) is 16.0 Å². The molecule has 160 valence electrons. The van der Waals surface area contributed by atoms with Gasteiger partial charge in [-0.2, -0.15) is 0 Å². The number of carbonyl (C=O) groups is 1. The number of benzene rings is 1. The smallest absolute Gasteiger partial charge is 0.232 e. The number of ether oxygens (including phenoxy) is 2. The Kier molecular flexibility index (Phi) is 6.22. The Morgan fingerprint density at radius 3 is 2.83 bits per heavy atom. The van der Waals surface area contributed by atoms with Crippen LogP contribution >= 0.6 is 0 Å². The summed E-state index contributed by atoms with van der Waals surface area (Å²) in [5.74, 6) is -1.35. The zero-order valence-corrected chi connectivity index (χ0v) is 16.7. The molecular formula is C22H25F2N3O3. The van der Waals surface area contributed by atoms with Crippen molar-refractivity contribution in [1.29, 1.82) is 0 Å².